The van der Waals surface area contributed by atoms with Gasteiger partial charge in [0, 0.05) is 5.56 Å². The van der Waals surface area contributed by atoms with Crippen molar-refractivity contribution >= 4 is 23.3 Å². The van der Waals surface area contributed by atoms with Crippen molar-refractivity contribution in [1.29, 1.82) is 0 Å². The van der Waals surface area contributed by atoms with E-state index in [4.69, 9.17) is 5.11 Å². The Morgan fingerprint density at radius 2 is 1.96 bits per heavy atom. The number of aromatic carboxylic acids is 1. The number of nitrogens with one attached hydrogen (secondary N) is 1. The van der Waals surface area contributed by atoms with Gasteiger partial charge in [0.05, 0.1) is 11.3 Å². The third kappa shape index (κ3) is 2.83. The highest BCUT2D eigenvalue weighted by Crippen LogP contribution is 2.28. The number of carbonyl (C=O) groups excluding carboxylic acids is 2. The maximum absolute atomic E-state index is 13.2. The van der Waals surface area contributed by atoms with Gasteiger partial charge in [0.2, 0.25) is 5.91 Å². The number of amides is 1. The van der Waals surface area contributed by atoms with E-state index in [-0.39, 0.29) is 17.5 Å². The molecule has 2 aromatic carbocycles. The number of carboxylic acids is 1. The van der Waals surface area contributed by atoms with E-state index in [2.05, 4.69) is 5.32 Å². The monoisotopic (exact) mass is 313 g/mol. The van der Waals surface area contributed by atoms with Gasteiger partial charge in [-0.05, 0) is 42.3 Å². The molecule has 0 aromatic heterocycles. The number of ketones is 1. The Morgan fingerprint density at radius 3 is 2.65 bits per heavy atom. The van der Waals surface area contributed by atoms with Crippen LogP contribution < -0.4 is 5.32 Å². The summed E-state index contributed by atoms with van der Waals surface area (Å²) in [4.78, 5) is 35.7. The molecule has 1 aliphatic heterocycles. The van der Waals surface area contributed by atoms with Crippen molar-refractivity contribution in [3.05, 3.63) is 65.0 Å². The normalized spacial score (nSPS) is 16.7. The minimum atomic E-state index is -1.15. The highest BCUT2D eigenvalue weighted by atomic mass is 19.1. The lowest BCUT2D eigenvalue weighted by Crippen LogP contribution is -2.36. The maximum Gasteiger partial charge on any atom is 0.335 e. The third-order valence-electron chi connectivity index (χ3n) is 3.75. The molecule has 0 fully saturated rings. The molecule has 5 nitrogen and oxygen atoms in total. The topological polar surface area (TPSA) is 83.5 Å². The molecule has 0 saturated heterocycles. The van der Waals surface area contributed by atoms with Crippen molar-refractivity contribution in [3.8, 4) is 0 Å². The van der Waals surface area contributed by atoms with Crippen LogP contribution in [-0.2, 0) is 11.2 Å². The molecular weight excluding hydrogens is 301 g/mol. The average molecular weight is 313 g/mol. The van der Waals surface area contributed by atoms with E-state index >= 15 is 0 Å². The number of hydrogen-bond acceptors (Lipinski definition) is 3. The molecule has 6 heteroatoms. The molecule has 3 rings (SSSR count). The van der Waals surface area contributed by atoms with Gasteiger partial charge < -0.3 is 10.4 Å². The summed E-state index contributed by atoms with van der Waals surface area (Å²) in [5.74, 6) is -3.54. The highest BCUT2D eigenvalue weighted by molar-refractivity contribution is 6.21. The summed E-state index contributed by atoms with van der Waals surface area (Å²) >= 11 is 0. The van der Waals surface area contributed by atoms with Crippen molar-refractivity contribution in [2.45, 2.75) is 6.42 Å². The average Bonchev–Trinajstić information content (AvgIpc) is 2.51. The van der Waals surface area contributed by atoms with Gasteiger partial charge in [-0.25, -0.2) is 9.18 Å². The molecule has 0 aliphatic carbocycles. The summed E-state index contributed by atoms with van der Waals surface area (Å²) < 4.78 is 13.2. The van der Waals surface area contributed by atoms with Gasteiger partial charge in [-0.2, -0.15) is 0 Å². The minimum absolute atomic E-state index is 0.0299. The Kier molecular flexibility index (Phi) is 3.65. The van der Waals surface area contributed by atoms with Crippen molar-refractivity contribution in [2.75, 3.05) is 5.32 Å². The molecule has 2 aromatic rings. The van der Waals surface area contributed by atoms with Crippen LogP contribution in [0.15, 0.2) is 42.5 Å². The predicted octanol–water partition coefficient (Wildman–Crippen LogP) is 2.52. The fourth-order valence-electron chi connectivity index (χ4n) is 2.60. The first-order chi connectivity index (χ1) is 11.0. The van der Waals surface area contributed by atoms with Crippen molar-refractivity contribution < 1.29 is 23.9 Å². The molecule has 23 heavy (non-hydrogen) atoms. The van der Waals surface area contributed by atoms with E-state index in [0.717, 1.165) is 0 Å². The number of hydrogen-bond donors (Lipinski definition) is 2. The number of rotatable bonds is 3. The van der Waals surface area contributed by atoms with Crippen LogP contribution in [0.25, 0.3) is 0 Å². The van der Waals surface area contributed by atoms with Crippen LogP contribution in [0.2, 0.25) is 0 Å². The summed E-state index contributed by atoms with van der Waals surface area (Å²) in [6.07, 6.45) is 0.0547. The second-order valence-electron chi connectivity index (χ2n) is 5.31. The summed E-state index contributed by atoms with van der Waals surface area (Å²) in [6.45, 7) is 0. The Balaban J connectivity index is 1.95. The van der Waals surface area contributed by atoms with Gasteiger partial charge in [0.25, 0.3) is 0 Å². The van der Waals surface area contributed by atoms with Gasteiger partial charge in [-0.1, -0.05) is 12.1 Å². The van der Waals surface area contributed by atoms with E-state index in [9.17, 15) is 18.8 Å². The smallest absolute Gasteiger partial charge is 0.335 e. The Hall–Kier alpha value is -3.02. The van der Waals surface area contributed by atoms with E-state index in [1.165, 1.54) is 36.4 Å². The first kappa shape index (κ1) is 14.9. The second kappa shape index (κ2) is 5.64. The zero-order valence-corrected chi connectivity index (χ0v) is 11.9. The van der Waals surface area contributed by atoms with Gasteiger partial charge in [-0.15, -0.1) is 0 Å². The number of anilines is 1. The lowest BCUT2D eigenvalue weighted by Gasteiger charge is -2.23. The van der Waals surface area contributed by atoms with Gasteiger partial charge in [-0.3, -0.25) is 9.59 Å². The van der Waals surface area contributed by atoms with E-state index in [0.29, 0.717) is 11.3 Å². The first-order valence-electron chi connectivity index (χ1n) is 6.92. The predicted molar refractivity (Wildman–Crippen MR) is 80.0 cm³/mol. The van der Waals surface area contributed by atoms with Crippen molar-refractivity contribution in [1.82, 2.24) is 0 Å². The molecule has 0 radical (unpaired) electrons. The molecule has 0 spiro atoms. The first-order valence-corrected chi connectivity index (χ1v) is 6.92. The number of Topliss-reactive ketones (excluding diaryl/α,β-unsaturated/α-hetero) is 1. The third-order valence-corrected chi connectivity index (χ3v) is 3.75. The van der Waals surface area contributed by atoms with E-state index in [1.54, 1.807) is 6.07 Å². The number of carbonyl (C=O) groups is 3. The van der Waals surface area contributed by atoms with Crippen molar-refractivity contribution in [3.63, 3.8) is 0 Å². The van der Waals surface area contributed by atoms with Crippen LogP contribution in [-0.4, -0.2) is 22.8 Å². The van der Waals surface area contributed by atoms with Crippen LogP contribution in [0, 0.1) is 11.7 Å². The Bertz CT molecular complexity index is 831. The summed E-state index contributed by atoms with van der Waals surface area (Å²) in [5.41, 5.74) is 0.945. The largest absolute Gasteiger partial charge is 0.478 e. The van der Waals surface area contributed by atoms with Gasteiger partial charge in [0.15, 0.2) is 5.78 Å². The maximum atomic E-state index is 13.2. The number of benzene rings is 2. The van der Waals surface area contributed by atoms with Crippen LogP contribution in [0.5, 0.6) is 0 Å². The number of halogens is 1. The Morgan fingerprint density at radius 1 is 1.17 bits per heavy atom. The Labute approximate surface area is 130 Å². The highest BCUT2D eigenvalue weighted by Gasteiger charge is 2.34. The molecular formula is C17H12FNO4. The lowest BCUT2D eigenvalue weighted by molar-refractivity contribution is -0.118. The molecule has 0 saturated carbocycles. The standard InChI is InChI=1S/C17H12FNO4/c18-11-3-1-2-9(6-11)7-13-15(20)12-8-10(17(22)23)4-5-14(12)19-16(13)21/h1-6,8,13H,7H2,(H,19,21)(H,22,23). The lowest BCUT2D eigenvalue weighted by atomic mass is 9.86. The fraction of sp³-hybridized carbons (Fsp3) is 0.118. The van der Waals surface area contributed by atoms with Gasteiger partial charge in [0.1, 0.15) is 11.7 Å². The summed E-state index contributed by atoms with van der Waals surface area (Å²) in [6, 6.07) is 9.65. The van der Waals surface area contributed by atoms with Crippen LogP contribution in [0.1, 0.15) is 26.3 Å². The van der Waals surface area contributed by atoms with E-state index in [1.807, 2.05) is 0 Å². The molecule has 1 heterocycles. The zero-order chi connectivity index (χ0) is 16.6. The van der Waals surface area contributed by atoms with E-state index < -0.39 is 29.4 Å². The number of carboxylic acid groups (broad SMARTS) is 1. The van der Waals surface area contributed by atoms with Crippen LogP contribution in [0.4, 0.5) is 10.1 Å². The SMILES string of the molecule is O=C(O)c1ccc2c(c1)C(=O)C(Cc1cccc(F)c1)C(=O)N2. The number of fused-ring (bicyclic) bond motifs is 1. The summed E-state index contributed by atoms with van der Waals surface area (Å²) in [5, 5.41) is 11.6. The van der Waals surface area contributed by atoms with Crippen LogP contribution >= 0.6 is 0 Å². The molecule has 2 N–H and O–H groups in total. The second-order valence-corrected chi connectivity index (χ2v) is 5.31. The minimum Gasteiger partial charge on any atom is -0.478 e. The molecule has 1 aliphatic rings. The van der Waals surface area contributed by atoms with Crippen molar-refractivity contribution in [2.24, 2.45) is 5.92 Å². The summed E-state index contributed by atoms with van der Waals surface area (Å²) in [7, 11) is 0. The molecule has 0 bridgehead atoms. The quantitative estimate of drug-likeness (QED) is 0.853. The fourth-order valence-corrected chi connectivity index (χ4v) is 2.60. The van der Waals surface area contributed by atoms with Crippen LogP contribution in [0.3, 0.4) is 0 Å². The molecule has 1 atom stereocenters. The zero-order valence-electron chi connectivity index (χ0n) is 11.9. The van der Waals surface area contributed by atoms with Gasteiger partial charge >= 0.3 is 5.97 Å². The molecule has 1 unspecified atom stereocenters. The molecule has 116 valence electrons. The molecule has 1 amide bonds.